The lowest BCUT2D eigenvalue weighted by molar-refractivity contribution is -0.136. The summed E-state index contributed by atoms with van der Waals surface area (Å²) in [7, 11) is 0. The normalized spacial score (nSPS) is 15.3. The summed E-state index contributed by atoms with van der Waals surface area (Å²) in [5.41, 5.74) is 1.75. The highest BCUT2D eigenvalue weighted by atomic mass is 16.4. The standard InChI is InChI=1S/C13H13NO3/c15-11-4-1-8-5-10(6-13(16)17)14(9-2-3-9)12(8)7-11/h1,4-5,7,9,15H,2-3,6H2,(H,16,17). The number of aromatic nitrogens is 1. The average molecular weight is 231 g/mol. The minimum atomic E-state index is -0.820. The van der Waals surface area contributed by atoms with Crippen molar-refractivity contribution in [2.45, 2.75) is 25.3 Å². The SMILES string of the molecule is O=C(O)Cc1cc2ccc(O)cc2n1C1CC1. The molecule has 1 fully saturated rings. The molecule has 1 aliphatic rings. The molecule has 4 nitrogen and oxygen atoms in total. The molecule has 3 rings (SSSR count). The topological polar surface area (TPSA) is 62.5 Å². The van der Waals surface area contributed by atoms with E-state index in [1.165, 1.54) is 0 Å². The highest BCUT2D eigenvalue weighted by Crippen LogP contribution is 2.40. The van der Waals surface area contributed by atoms with Gasteiger partial charge in [0, 0.05) is 23.2 Å². The first-order chi connectivity index (χ1) is 8.15. The van der Waals surface area contributed by atoms with E-state index in [0.717, 1.165) is 29.4 Å². The molecule has 2 N–H and O–H groups in total. The summed E-state index contributed by atoms with van der Waals surface area (Å²) in [5.74, 6) is -0.599. The predicted molar refractivity (Wildman–Crippen MR) is 63.2 cm³/mol. The Hall–Kier alpha value is -1.97. The van der Waals surface area contributed by atoms with E-state index in [1.54, 1.807) is 12.1 Å². The third-order valence-corrected chi connectivity index (χ3v) is 3.15. The van der Waals surface area contributed by atoms with Gasteiger partial charge < -0.3 is 14.8 Å². The van der Waals surface area contributed by atoms with E-state index in [9.17, 15) is 9.90 Å². The summed E-state index contributed by atoms with van der Waals surface area (Å²) in [6.45, 7) is 0. The lowest BCUT2D eigenvalue weighted by Gasteiger charge is -2.07. The molecule has 1 aliphatic carbocycles. The number of benzene rings is 1. The molecule has 0 aliphatic heterocycles. The van der Waals surface area contributed by atoms with E-state index >= 15 is 0 Å². The van der Waals surface area contributed by atoms with Crippen LogP contribution in [0, 0.1) is 0 Å². The zero-order valence-electron chi connectivity index (χ0n) is 9.26. The summed E-state index contributed by atoms with van der Waals surface area (Å²) < 4.78 is 2.06. The van der Waals surface area contributed by atoms with Crippen molar-refractivity contribution in [2.24, 2.45) is 0 Å². The van der Waals surface area contributed by atoms with Gasteiger partial charge in [-0.05, 0) is 31.0 Å². The minimum Gasteiger partial charge on any atom is -0.508 e. The molecule has 4 heteroatoms. The van der Waals surface area contributed by atoms with E-state index in [4.69, 9.17) is 5.11 Å². The van der Waals surface area contributed by atoms with Crippen LogP contribution in [0.3, 0.4) is 0 Å². The summed E-state index contributed by atoms with van der Waals surface area (Å²) in [5, 5.41) is 19.4. The second kappa shape index (κ2) is 3.52. The molecule has 0 radical (unpaired) electrons. The van der Waals surface area contributed by atoms with Crippen LogP contribution in [0.25, 0.3) is 10.9 Å². The Morgan fingerprint density at radius 2 is 2.12 bits per heavy atom. The maximum absolute atomic E-state index is 10.8. The van der Waals surface area contributed by atoms with Crippen LogP contribution >= 0.6 is 0 Å². The number of hydrogen-bond acceptors (Lipinski definition) is 2. The van der Waals surface area contributed by atoms with Gasteiger partial charge in [-0.3, -0.25) is 4.79 Å². The fraction of sp³-hybridized carbons (Fsp3) is 0.308. The number of aromatic hydroxyl groups is 1. The lowest BCUT2D eigenvalue weighted by Crippen LogP contribution is -2.06. The van der Waals surface area contributed by atoms with Crippen molar-refractivity contribution >= 4 is 16.9 Å². The summed E-state index contributed by atoms with van der Waals surface area (Å²) in [4.78, 5) is 10.8. The van der Waals surface area contributed by atoms with Crippen LogP contribution in [0.2, 0.25) is 0 Å². The lowest BCUT2D eigenvalue weighted by atomic mass is 10.2. The predicted octanol–water partition coefficient (Wildman–Crippen LogP) is 2.31. The fourth-order valence-corrected chi connectivity index (χ4v) is 2.32. The summed E-state index contributed by atoms with van der Waals surface area (Å²) in [6, 6.07) is 7.47. The molecule has 88 valence electrons. The van der Waals surface area contributed by atoms with E-state index in [0.29, 0.717) is 6.04 Å². The van der Waals surface area contributed by atoms with Gasteiger partial charge in [-0.15, -0.1) is 0 Å². The number of phenols is 1. The van der Waals surface area contributed by atoms with Crippen molar-refractivity contribution in [1.82, 2.24) is 4.57 Å². The first-order valence-electron chi connectivity index (χ1n) is 5.70. The van der Waals surface area contributed by atoms with Crippen LogP contribution in [0.5, 0.6) is 5.75 Å². The molecule has 1 aromatic carbocycles. The Balaban J connectivity index is 2.20. The van der Waals surface area contributed by atoms with Crippen molar-refractivity contribution in [3.63, 3.8) is 0 Å². The van der Waals surface area contributed by atoms with Crippen LogP contribution in [0.15, 0.2) is 24.3 Å². The second-order valence-corrected chi connectivity index (χ2v) is 4.55. The molecule has 0 bridgehead atoms. The smallest absolute Gasteiger partial charge is 0.309 e. The molecule has 1 aromatic heterocycles. The number of carboxylic acid groups (broad SMARTS) is 1. The van der Waals surface area contributed by atoms with E-state index < -0.39 is 5.97 Å². The van der Waals surface area contributed by atoms with Crippen molar-refractivity contribution < 1.29 is 15.0 Å². The zero-order chi connectivity index (χ0) is 12.0. The maximum atomic E-state index is 10.8. The molecule has 1 saturated carbocycles. The molecule has 0 unspecified atom stereocenters. The highest BCUT2D eigenvalue weighted by molar-refractivity contribution is 5.84. The Labute approximate surface area is 98.1 Å². The van der Waals surface area contributed by atoms with Gasteiger partial charge in [0.2, 0.25) is 0 Å². The number of fused-ring (bicyclic) bond motifs is 1. The second-order valence-electron chi connectivity index (χ2n) is 4.55. The Kier molecular flexibility index (Phi) is 2.11. The van der Waals surface area contributed by atoms with Gasteiger partial charge in [0.15, 0.2) is 0 Å². The van der Waals surface area contributed by atoms with Crippen LogP contribution in [0.1, 0.15) is 24.6 Å². The molecule has 0 saturated heterocycles. The first-order valence-corrected chi connectivity index (χ1v) is 5.70. The maximum Gasteiger partial charge on any atom is 0.309 e. The first kappa shape index (κ1) is 10.2. The number of carbonyl (C=O) groups is 1. The van der Waals surface area contributed by atoms with Crippen LogP contribution in [0.4, 0.5) is 0 Å². The van der Waals surface area contributed by atoms with Crippen molar-refractivity contribution in [2.75, 3.05) is 0 Å². The largest absolute Gasteiger partial charge is 0.508 e. The van der Waals surface area contributed by atoms with E-state index in [-0.39, 0.29) is 12.2 Å². The van der Waals surface area contributed by atoms with Crippen LogP contribution in [-0.4, -0.2) is 20.7 Å². The van der Waals surface area contributed by atoms with Gasteiger partial charge in [-0.2, -0.15) is 0 Å². The molecule has 0 amide bonds. The third kappa shape index (κ3) is 1.75. The zero-order valence-corrected chi connectivity index (χ0v) is 9.26. The molecular formula is C13H13NO3. The van der Waals surface area contributed by atoms with Gasteiger partial charge in [0.05, 0.1) is 11.9 Å². The quantitative estimate of drug-likeness (QED) is 0.852. The van der Waals surface area contributed by atoms with Gasteiger partial charge in [0.25, 0.3) is 0 Å². The van der Waals surface area contributed by atoms with Gasteiger partial charge in [-0.1, -0.05) is 0 Å². The monoisotopic (exact) mass is 231 g/mol. The minimum absolute atomic E-state index is 0.0337. The number of aliphatic carboxylic acids is 1. The molecule has 0 atom stereocenters. The van der Waals surface area contributed by atoms with Gasteiger partial charge in [0.1, 0.15) is 5.75 Å². The van der Waals surface area contributed by atoms with Crippen LogP contribution < -0.4 is 0 Å². The van der Waals surface area contributed by atoms with E-state index in [1.807, 2.05) is 12.1 Å². The number of hydrogen-bond donors (Lipinski definition) is 2. The number of rotatable bonds is 3. The molecule has 2 aromatic rings. The van der Waals surface area contributed by atoms with Crippen molar-refractivity contribution in [3.05, 3.63) is 30.0 Å². The average Bonchev–Trinajstić information content (AvgIpc) is 3.01. The molecule has 1 heterocycles. The fourth-order valence-electron chi connectivity index (χ4n) is 2.32. The van der Waals surface area contributed by atoms with Gasteiger partial charge >= 0.3 is 5.97 Å². The highest BCUT2D eigenvalue weighted by Gasteiger charge is 2.27. The number of nitrogens with zero attached hydrogens (tertiary/aromatic N) is 1. The summed E-state index contributed by atoms with van der Waals surface area (Å²) >= 11 is 0. The van der Waals surface area contributed by atoms with Crippen LogP contribution in [-0.2, 0) is 11.2 Å². The Morgan fingerprint density at radius 1 is 1.35 bits per heavy atom. The summed E-state index contributed by atoms with van der Waals surface area (Å²) in [6.07, 6.45) is 2.21. The van der Waals surface area contributed by atoms with E-state index in [2.05, 4.69) is 4.57 Å². The molecule has 17 heavy (non-hydrogen) atoms. The number of phenolic OH excluding ortho intramolecular Hbond substituents is 1. The van der Waals surface area contributed by atoms with Crippen molar-refractivity contribution in [3.8, 4) is 5.75 Å². The third-order valence-electron chi connectivity index (χ3n) is 3.15. The molecule has 0 spiro atoms. The Bertz CT molecular complexity index is 596. The van der Waals surface area contributed by atoms with Crippen molar-refractivity contribution in [1.29, 1.82) is 0 Å². The Morgan fingerprint density at radius 3 is 2.76 bits per heavy atom. The van der Waals surface area contributed by atoms with Gasteiger partial charge in [-0.25, -0.2) is 0 Å². The number of carboxylic acids is 1. The molecular weight excluding hydrogens is 218 g/mol.